The molecule has 0 aliphatic carbocycles. The van der Waals surface area contributed by atoms with Crippen LogP contribution in [0.3, 0.4) is 0 Å². The molecule has 0 aliphatic heterocycles. The van der Waals surface area contributed by atoms with E-state index in [1.807, 2.05) is 55.7 Å². The van der Waals surface area contributed by atoms with Gasteiger partial charge in [0, 0.05) is 50.5 Å². The molecular weight excluding hydrogens is 296 g/mol. The Morgan fingerprint density at radius 1 is 1.23 bits per heavy atom. The third-order valence-electron chi connectivity index (χ3n) is 3.30. The highest BCUT2D eigenvalue weighted by Gasteiger charge is 2.06. The summed E-state index contributed by atoms with van der Waals surface area (Å²) in [4.78, 5) is 10.7. The molecule has 0 aliphatic rings. The second-order valence-electron chi connectivity index (χ2n) is 5.03. The molecule has 5 heteroatoms. The Labute approximate surface area is 136 Å². The number of halogens is 1. The summed E-state index contributed by atoms with van der Waals surface area (Å²) in [5.41, 5.74) is 2.27. The summed E-state index contributed by atoms with van der Waals surface area (Å²) in [6.45, 7) is 1.58. The van der Waals surface area contributed by atoms with Crippen molar-refractivity contribution in [3.05, 3.63) is 64.9 Å². The van der Waals surface area contributed by atoms with Crippen molar-refractivity contribution >= 4 is 17.6 Å². The first kappa shape index (κ1) is 16.3. The average molecular weight is 317 g/mol. The average Bonchev–Trinajstić information content (AvgIpc) is 2.54. The number of nitrogens with zero attached hydrogens (tertiary/aromatic N) is 3. The van der Waals surface area contributed by atoms with Crippen LogP contribution in [-0.2, 0) is 13.0 Å². The van der Waals surface area contributed by atoms with E-state index < -0.39 is 0 Å². The van der Waals surface area contributed by atoms with Gasteiger partial charge < -0.3 is 10.2 Å². The van der Waals surface area contributed by atoms with Gasteiger partial charge in [0.25, 0.3) is 0 Å². The number of guanidine groups is 1. The van der Waals surface area contributed by atoms with Gasteiger partial charge in [0.1, 0.15) is 0 Å². The Morgan fingerprint density at radius 3 is 2.64 bits per heavy atom. The lowest BCUT2D eigenvalue weighted by molar-refractivity contribution is 0.477. The molecular formula is C17H21ClN4. The summed E-state index contributed by atoms with van der Waals surface area (Å²) in [6.07, 6.45) is 2.69. The van der Waals surface area contributed by atoms with Gasteiger partial charge in [-0.1, -0.05) is 29.8 Å². The van der Waals surface area contributed by atoms with Crippen LogP contribution in [-0.4, -0.2) is 36.5 Å². The molecule has 0 fully saturated rings. The molecule has 0 atom stereocenters. The van der Waals surface area contributed by atoms with Crippen molar-refractivity contribution in [2.45, 2.75) is 13.0 Å². The van der Waals surface area contributed by atoms with Crippen LogP contribution in [0.4, 0.5) is 0 Å². The Balaban J connectivity index is 1.84. The monoisotopic (exact) mass is 316 g/mol. The molecule has 1 aromatic heterocycles. The van der Waals surface area contributed by atoms with Crippen molar-refractivity contribution in [2.24, 2.45) is 4.99 Å². The van der Waals surface area contributed by atoms with Crippen molar-refractivity contribution in [2.75, 3.05) is 20.6 Å². The quantitative estimate of drug-likeness (QED) is 0.681. The molecule has 4 nitrogen and oxygen atoms in total. The van der Waals surface area contributed by atoms with Gasteiger partial charge in [0.2, 0.25) is 0 Å². The van der Waals surface area contributed by atoms with E-state index in [4.69, 9.17) is 11.6 Å². The van der Waals surface area contributed by atoms with Crippen LogP contribution in [0.15, 0.2) is 53.7 Å². The topological polar surface area (TPSA) is 40.5 Å². The predicted molar refractivity (Wildman–Crippen MR) is 92.2 cm³/mol. The summed E-state index contributed by atoms with van der Waals surface area (Å²) >= 11 is 5.91. The van der Waals surface area contributed by atoms with Gasteiger partial charge in [0.05, 0.1) is 0 Å². The summed E-state index contributed by atoms with van der Waals surface area (Å²) < 4.78 is 0. The number of nitrogens with one attached hydrogen (secondary N) is 1. The zero-order valence-corrected chi connectivity index (χ0v) is 13.7. The molecule has 1 N–H and O–H groups in total. The maximum atomic E-state index is 5.91. The summed E-state index contributed by atoms with van der Waals surface area (Å²) in [5, 5.41) is 4.11. The van der Waals surface area contributed by atoms with Crippen LogP contribution in [0, 0.1) is 0 Å². The van der Waals surface area contributed by atoms with Gasteiger partial charge in [-0.25, -0.2) is 0 Å². The number of aromatic nitrogens is 1. The Kier molecular flexibility index (Phi) is 6.22. The summed E-state index contributed by atoms with van der Waals surface area (Å²) in [5.74, 6) is 0.867. The van der Waals surface area contributed by atoms with Crippen LogP contribution in [0.5, 0.6) is 0 Å². The summed E-state index contributed by atoms with van der Waals surface area (Å²) in [6, 6.07) is 13.8. The van der Waals surface area contributed by atoms with E-state index in [9.17, 15) is 0 Å². The van der Waals surface area contributed by atoms with E-state index >= 15 is 0 Å². The van der Waals surface area contributed by atoms with Crippen molar-refractivity contribution in [1.29, 1.82) is 0 Å². The molecule has 0 unspecified atom stereocenters. The lowest BCUT2D eigenvalue weighted by Gasteiger charge is -2.22. The third-order valence-corrected chi connectivity index (χ3v) is 3.55. The van der Waals surface area contributed by atoms with Crippen LogP contribution in [0.1, 0.15) is 11.3 Å². The van der Waals surface area contributed by atoms with Crippen LogP contribution >= 0.6 is 11.6 Å². The second kappa shape index (κ2) is 8.39. The van der Waals surface area contributed by atoms with Crippen molar-refractivity contribution < 1.29 is 0 Å². The molecule has 0 radical (unpaired) electrons. The molecule has 0 spiro atoms. The highest BCUT2D eigenvalue weighted by Crippen LogP contribution is 2.10. The maximum Gasteiger partial charge on any atom is 0.193 e. The fourth-order valence-electron chi connectivity index (χ4n) is 2.17. The normalized spacial score (nSPS) is 11.3. The Morgan fingerprint density at radius 2 is 2.00 bits per heavy atom. The number of benzene rings is 1. The van der Waals surface area contributed by atoms with Gasteiger partial charge in [0.15, 0.2) is 5.96 Å². The molecule has 22 heavy (non-hydrogen) atoms. The fraction of sp³-hybridized carbons (Fsp3) is 0.294. The molecule has 0 saturated carbocycles. The number of rotatable bonds is 5. The molecule has 0 amide bonds. The number of hydrogen-bond acceptors (Lipinski definition) is 2. The summed E-state index contributed by atoms with van der Waals surface area (Å²) in [7, 11) is 3.81. The molecule has 0 saturated heterocycles. The molecule has 1 aromatic carbocycles. The smallest absolute Gasteiger partial charge is 0.193 e. The van der Waals surface area contributed by atoms with E-state index in [-0.39, 0.29) is 0 Å². The molecule has 2 aromatic rings. The maximum absolute atomic E-state index is 5.91. The molecule has 2 rings (SSSR count). The van der Waals surface area contributed by atoms with Crippen LogP contribution in [0.2, 0.25) is 5.02 Å². The highest BCUT2D eigenvalue weighted by atomic mass is 35.5. The van der Waals surface area contributed by atoms with Crippen LogP contribution < -0.4 is 5.32 Å². The zero-order chi connectivity index (χ0) is 15.8. The first-order valence-electron chi connectivity index (χ1n) is 7.25. The SMILES string of the molecule is CN=C(NCCc1ccccn1)N(C)Cc1ccc(Cl)cc1. The second-order valence-corrected chi connectivity index (χ2v) is 5.46. The van der Waals surface area contributed by atoms with Crippen molar-refractivity contribution in [1.82, 2.24) is 15.2 Å². The minimum atomic E-state index is 0.754. The number of hydrogen-bond donors (Lipinski definition) is 1. The fourth-order valence-corrected chi connectivity index (χ4v) is 2.30. The first-order valence-corrected chi connectivity index (χ1v) is 7.63. The van der Waals surface area contributed by atoms with Gasteiger partial charge >= 0.3 is 0 Å². The molecule has 116 valence electrons. The van der Waals surface area contributed by atoms with Gasteiger partial charge in [-0.15, -0.1) is 0 Å². The predicted octanol–water partition coefficient (Wildman–Crippen LogP) is 2.98. The van der Waals surface area contributed by atoms with Gasteiger partial charge in [-0.05, 0) is 29.8 Å². The lowest BCUT2D eigenvalue weighted by Crippen LogP contribution is -2.39. The minimum absolute atomic E-state index is 0.754. The van der Waals surface area contributed by atoms with E-state index in [0.29, 0.717) is 0 Å². The highest BCUT2D eigenvalue weighted by molar-refractivity contribution is 6.30. The lowest BCUT2D eigenvalue weighted by atomic mass is 10.2. The van der Waals surface area contributed by atoms with E-state index in [1.54, 1.807) is 7.05 Å². The number of aliphatic imine (C=N–C) groups is 1. The van der Waals surface area contributed by atoms with Crippen molar-refractivity contribution in [3.8, 4) is 0 Å². The number of pyridine rings is 1. The molecule has 1 heterocycles. The zero-order valence-electron chi connectivity index (χ0n) is 13.0. The van der Waals surface area contributed by atoms with E-state index in [1.165, 1.54) is 5.56 Å². The van der Waals surface area contributed by atoms with Gasteiger partial charge in [-0.2, -0.15) is 0 Å². The van der Waals surface area contributed by atoms with E-state index in [0.717, 1.165) is 36.2 Å². The van der Waals surface area contributed by atoms with Crippen molar-refractivity contribution in [3.63, 3.8) is 0 Å². The molecule has 0 bridgehead atoms. The largest absolute Gasteiger partial charge is 0.356 e. The minimum Gasteiger partial charge on any atom is -0.356 e. The third kappa shape index (κ3) is 5.04. The van der Waals surface area contributed by atoms with E-state index in [2.05, 4.69) is 20.2 Å². The first-order chi connectivity index (χ1) is 10.7. The van der Waals surface area contributed by atoms with Crippen LogP contribution in [0.25, 0.3) is 0 Å². The Hall–Kier alpha value is -2.07. The van der Waals surface area contributed by atoms with Gasteiger partial charge in [-0.3, -0.25) is 9.98 Å². The standard InChI is InChI=1S/C17H21ClN4/c1-19-17(21-12-10-16-5-3-4-11-20-16)22(2)13-14-6-8-15(18)9-7-14/h3-9,11H,10,12-13H2,1-2H3,(H,19,21). The Bertz CT molecular complexity index is 596.